The molecule has 1 amide bonds. The Kier molecular flexibility index (Phi) is 7.51. The highest BCUT2D eigenvalue weighted by molar-refractivity contribution is 5.91. The van der Waals surface area contributed by atoms with E-state index in [1.165, 1.54) is 19.2 Å². The molecule has 0 radical (unpaired) electrons. The normalized spacial score (nSPS) is 14.1. The van der Waals surface area contributed by atoms with Crippen molar-refractivity contribution in [3.8, 4) is 5.75 Å². The highest BCUT2D eigenvalue weighted by Gasteiger charge is 2.20. The zero-order valence-electron chi connectivity index (χ0n) is 20.4. The van der Waals surface area contributed by atoms with Crippen LogP contribution in [0.1, 0.15) is 16.8 Å². The van der Waals surface area contributed by atoms with Crippen molar-refractivity contribution >= 4 is 17.3 Å². The number of nitrogens with one attached hydrogen (secondary N) is 1. The lowest BCUT2D eigenvalue weighted by molar-refractivity contribution is -0.116. The number of ether oxygens (including phenoxy) is 1. The van der Waals surface area contributed by atoms with Gasteiger partial charge in [-0.3, -0.25) is 14.5 Å². The van der Waals surface area contributed by atoms with E-state index in [2.05, 4.69) is 15.1 Å². The summed E-state index contributed by atoms with van der Waals surface area (Å²) < 4.78 is 20.3. The highest BCUT2D eigenvalue weighted by Crippen LogP contribution is 2.20. The van der Waals surface area contributed by atoms with E-state index in [4.69, 9.17) is 4.74 Å². The van der Waals surface area contributed by atoms with Gasteiger partial charge in [-0.25, -0.2) is 4.39 Å². The number of aromatic nitrogens is 1. The predicted octanol–water partition coefficient (Wildman–Crippen LogP) is 3.57. The van der Waals surface area contributed by atoms with Crippen molar-refractivity contribution in [1.82, 2.24) is 9.47 Å². The van der Waals surface area contributed by atoms with Crippen LogP contribution in [-0.2, 0) is 17.9 Å². The summed E-state index contributed by atoms with van der Waals surface area (Å²) in [5, 5.41) is 2.98. The Balaban J connectivity index is 1.46. The molecular weight excluding hydrogens is 447 g/mol. The second kappa shape index (κ2) is 10.7. The Bertz CT molecular complexity index is 1250. The van der Waals surface area contributed by atoms with Crippen LogP contribution in [-0.4, -0.2) is 48.7 Å². The molecule has 1 aliphatic heterocycles. The molecule has 0 atom stereocenters. The van der Waals surface area contributed by atoms with Gasteiger partial charge in [0, 0.05) is 55.9 Å². The van der Waals surface area contributed by atoms with Gasteiger partial charge < -0.3 is 19.5 Å². The maximum atomic E-state index is 13.2. The fourth-order valence-electron chi connectivity index (χ4n) is 4.31. The van der Waals surface area contributed by atoms with Gasteiger partial charge in [-0.05, 0) is 55.3 Å². The minimum absolute atomic E-state index is 0.0644. The van der Waals surface area contributed by atoms with E-state index in [1.807, 2.05) is 32.0 Å². The fraction of sp³-hybridized carbons (Fsp3) is 0.333. The Morgan fingerprint density at radius 3 is 2.46 bits per heavy atom. The Morgan fingerprint density at radius 2 is 1.77 bits per heavy atom. The van der Waals surface area contributed by atoms with Gasteiger partial charge >= 0.3 is 0 Å². The lowest BCUT2D eigenvalue weighted by Crippen LogP contribution is -2.46. The summed E-state index contributed by atoms with van der Waals surface area (Å²) in [6, 6.07) is 13.9. The molecule has 2 aromatic carbocycles. The van der Waals surface area contributed by atoms with Crippen LogP contribution in [0.2, 0.25) is 0 Å². The first-order valence-electron chi connectivity index (χ1n) is 11.7. The topological polar surface area (TPSA) is 66.8 Å². The quantitative estimate of drug-likeness (QED) is 0.562. The molecular formula is C27H31FN4O3. The number of nitrogens with zero attached hydrogens (tertiary/aromatic N) is 3. The summed E-state index contributed by atoms with van der Waals surface area (Å²) in [5.74, 6) is -0.215. The SMILES string of the molecule is COc1cn(CC(=O)Nc2cccc(C)c2C)c(CN2CCN(c3ccc(F)cc3)CC2)cc1=O. The number of aryl methyl sites for hydroxylation is 1. The maximum absolute atomic E-state index is 13.2. The zero-order valence-corrected chi connectivity index (χ0v) is 20.4. The van der Waals surface area contributed by atoms with Crippen molar-refractivity contribution < 1.29 is 13.9 Å². The molecule has 1 fully saturated rings. The largest absolute Gasteiger partial charge is 0.491 e. The van der Waals surface area contributed by atoms with Crippen LogP contribution in [0, 0.1) is 19.7 Å². The molecule has 4 rings (SSSR count). The number of benzene rings is 2. The van der Waals surface area contributed by atoms with Crippen LogP contribution in [0.25, 0.3) is 0 Å². The van der Waals surface area contributed by atoms with Crippen LogP contribution < -0.4 is 20.4 Å². The number of amides is 1. The second-order valence-electron chi connectivity index (χ2n) is 8.86. The van der Waals surface area contributed by atoms with Crippen molar-refractivity contribution in [2.75, 3.05) is 43.5 Å². The standard InChI is InChI=1S/C27H31FN4O3/c1-19-5-4-6-24(20(19)2)29-27(34)18-32-17-26(35-3)25(33)15-23(32)16-30-11-13-31(14-12-30)22-9-7-21(28)8-10-22/h4-10,15,17H,11-14,16,18H2,1-3H3,(H,29,34). The first kappa shape index (κ1) is 24.5. The van der Waals surface area contributed by atoms with Gasteiger partial charge in [0.05, 0.1) is 13.3 Å². The monoisotopic (exact) mass is 478 g/mol. The van der Waals surface area contributed by atoms with Crippen molar-refractivity contribution in [2.45, 2.75) is 26.9 Å². The minimum atomic E-state index is -0.244. The van der Waals surface area contributed by atoms with Crippen molar-refractivity contribution in [2.24, 2.45) is 0 Å². The Hall–Kier alpha value is -3.65. The second-order valence-corrected chi connectivity index (χ2v) is 8.86. The molecule has 7 nitrogen and oxygen atoms in total. The number of anilines is 2. The lowest BCUT2D eigenvalue weighted by atomic mass is 10.1. The summed E-state index contributed by atoms with van der Waals surface area (Å²) in [6.45, 7) is 7.73. The number of pyridine rings is 1. The average molecular weight is 479 g/mol. The summed E-state index contributed by atoms with van der Waals surface area (Å²) in [6.07, 6.45) is 1.61. The number of hydrogen-bond acceptors (Lipinski definition) is 5. The van der Waals surface area contributed by atoms with E-state index < -0.39 is 0 Å². The number of methoxy groups -OCH3 is 1. The van der Waals surface area contributed by atoms with Crippen LogP contribution in [0.3, 0.4) is 0 Å². The van der Waals surface area contributed by atoms with Crippen LogP contribution in [0.15, 0.2) is 59.5 Å². The highest BCUT2D eigenvalue weighted by atomic mass is 19.1. The molecule has 1 aromatic heterocycles. The van der Waals surface area contributed by atoms with Gasteiger partial charge in [-0.1, -0.05) is 12.1 Å². The summed E-state index contributed by atoms with van der Waals surface area (Å²) in [5.41, 5.74) is 4.45. The fourth-order valence-corrected chi connectivity index (χ4v) is 4.31. The summed E-state index contributed by atoms with van der Waals surface area (Å²) in [4.78, 5) is 29.9. The van der Waals surface area contributed by atoms with E-state index >= 15 is 0 Å². The Morgan fingerprint density at radius 1 is 1.06 bits per heavy atom. The number of carbonyl (C=O) groups is 1. The molecule has 1 saturated heterocycles. The van der Waals surface area contributed by atoms with E-state index in [0.29, 0.717) is 6.54 Å². The molecule has 2 heterocycles. The van der Waals surface area contributed by atoms with Crippen molar-refractivity contribution in [1.29, 1.82) is 0 Å². The van der Waals surface area contributed by atoms with Gasteiger partial charge in [-0.15, -0.1) is 0 Å². The smallest absolute Gasteiger partial charge is 0.244 e. The van der Waals surface area contributed by atoms with Gasteiger partial charge in [0.25, 0.3) is 0 Å². The molecule has 0 aliphatic carbocycles. The van der Waals surface area contributed by atoms with Crippen LogP contribution in [0.5, 0.6) is 5.75 Å². The van der Waals surface area contributed by atoms with E-state index in [9.17, 15) is 14.0 Å². The minimum Gasteiger partial charge on any atom is -0.491 e. The van der Waals surface area contributed by atoms with Gasteiger partial charge in [0.2, 0.25) is 11.3 Å². The van der Waals surface area contributed by atoms with E-state index in [0.717, 1.165) is 54.4 Å². The lowest BCUT2D eigenvalue weighted by Gasteiger charge is -2.36. The number of hydrogen-bond donors (Lipinski definition) is 1. The molecule has 1 aliphatic rings. The van der Waals surface area contributed by atoms with Crippen molar-refractivity contribution in [3.05, 3.63) is 87.6 Å². The maximum Gasteiger partial charge on any atom is 0.244 e. The number of piperazine rings is 1. The molecule has 1 N–H and O–H groups in total. The molecule has 0 unspecified atom stereocenters. The molecule has 0 spiro atoms. The molecule has 3 aromatic rings. The van der Waals surface area contributed by atoms with E-state index in [-0.39, 0.29) is 29.4 Å². The van der Waals surface area contributed by atoms with Gasteiger partial charge in [0.1, 0.15) is 12.4 Å². The van der Waals surface area contributed by atoms with Gasteiger partial charge in [-0.2, -0.15) is 0 Å². The molecule has 35 heavy (non-hydrogen) atoms. The molecule has 0 bridgehead atoms. The van der Waals surface area contributed by atoms with Gasteiger partial charge in [0.15, 0.2) is 5.75 Å². The number of rotatable bonds is 7. The van der Waals surface area contributed by atoms with Crippen molar-refractivity contribution in [3.63, 3.8) is 0 Å². The summed E-state index contributed by atoms with van der Waals surface area (Å²) >= 11 is 0. The third kappa shape index (κ3) is 5.89. The first-order chi connectivity index (χ1) is 16.8. The molecule has 0 saturated carbocycles. The first-order valence-corrected chi connectivity index (χ1v) is 11.7. The molecule has 184 valence electrons. The van der Waals surface area contributed by atoms with Crippen LogP contribution in [0.4, 0.5) is 15.8 Å². The third-order valence-electron chi connectivity index (χ3n) is 6.54. The zero-order chi connectivity index (χ0) is 24.9. The van der Waals surface area contributed by atoms with E-state index in [1.54, 1.807) is 29.0 Å². The summed E-state index contributed by atoms with van der Waals surface area (Å²) in [7, 11) is 1.45. The average Bonchev–Trinajstić information content (AvgIpc) is 2.84. The third-order valence-corrected chi connectivity index (χ3v) is 6.54. The molecule has 8 heteroatoms. The Labute approximate surface area is 204 Å². The number of carbonyl (C=O) groups excluding carboxylic acids is 1. The van der Waals surface area contributed by atoms with Crippen LogP contribution >= 0.6 is 0 Å². The predicted molar refractivity (Wildman–Crippen MR) is 136 cm³/mol. The number of halogens is 1.